The highest BCUT2D eigenvalue weighted by molar-refractivity contribution is 5.87. The van der Waals surface area contributed by atoms with E-state index in [1.165, 1.54) is 40.6 Å². The van der Waals surface area contributed by atoms with E-state index in [1.54, 1.807) is 0 Å². The molecular weight excluding hydrogens is 372 g/mol. The fourth-order valence-corrected chi connectivity index (χ4v) is 4.69. The molecule has 0 saturated carbocycles. The van der Waals surface area contributed by atoms with Gasteiger partial charge >= 0.3 is 0 Å². The van der Waals surface area contributed by atoms with Crippen LogP contribution in [0.3, 0.4) is 0 Å². The highest BCUT2D eigenvalue weighted by Gasteiger charge is 2.25. The van der Waals surface area contributed by atoms with E-state index in [1.807, 2.05) is 46.9 Å². The first-order valence-electron chi connectivity index (χ1n) is 10.7. The lowest BCUT2D eigenvalue weighted by Crippen LogP contribution is -2.19. The van der Waals surface area contributed by atoms with Gasteiger partial charge in [0.2, 0.25) is 0 Å². The molecule has 2 N–H and O–H groups in total. The average molecular weight is 401 g/mol. The molecule has 5 heteroatoms. The quantitative estimate of drug-likeness (QED) is 0.488. The van der Waals surface area contributed by atoms with Gasteiger partial charge in [-0.05, 0) is 72.9 Å². The van der Waals surface area contributed by atoms with Crippen molar-refractivity contribution >= 4 is 10.9 Å². The molecule has 5 rings (SSSR count). The lowest BCUT2D eigenvalue weighted by molar-refractivity contribution is 0.306. The van der Waals surface area contributed by atoms with Crippen LogP contribution >= 0.6 is 0 Å². The van der Waals surface area contributed by atoms with E-state index in [-0.39, 0.29) is 0 Å². The third kappa shape index (κ3) is 3.67. The first-order chi connectivity index (χ1) is 14.7. The lowest BCUT2D eigenvalue weighted by atomic mass is 9.83. The zero-order chi connectivity index (χ0) is 20.5. The van der Waals surface area contributed by atoms with Crippen molar-refractivity contribution in [2.45, 2.75) is 38.7 Å². The van der Waals surface area contributed by atoms with Crippen LogP contribution in [0.5, 0.6) is 5.75 Å². The maximum absolute atomic E-state index is 6.45. The fraction of sp³-hybridized carbons (Fsp3) is 0.320. The molecule has 0 saturated heterocycles. The predicted molar refractivity (Wildman–Crippen MR) is 120 cm³/mol. The minimum absolute atomic E-state index is 0.575. The molecule has 1 aliphatic carbocycles. The zero-order valence-corrected chi connectivity index (χ0v) is 17.4. The van der Waals surface area contributed by atoms with E-state index in [0.717, 1.165) is 30.5 Å². The van der Waals surface area contributed by atoms with Gasteiger partial charge < -0.3 is 10.6 Å². The van der Waals surface area contributed by atoms with Crippen molar-refractivity contribution in [2.75, 3.05) is 5.84 Å². The Kier molecular flexibility index (Phi) is 4.95. The monoisotopic (exact) mass is 400 g/mol. The SMILES string of the molecule is Cn1cc(CCC2CCc3c(c4cc(OCc5ccccc5)ccc4n3N)C2)cn1. The standard InChI is InChI=1S/C25H28N4O/c1-28-16-20(15-27-28)8-7-18-9-11-24-22(13-18)23-14-21(10-12-25(23)29(24)26)30-17-19-5-3-2-4-6-19/h2-6,10,12,14-16,18H,7-9,11,13,17,26H2,1H3. The van der Waals surface area contributed by atoms with Crippen LogP contribution in [-0.2, 0) is 32.9 Å². The van der Waals surface area contributed by atoms with Gasteiger partial charge in [0.15, 0.2) is 0 Å². The molecule has 4 aromatic rings. The third-order valence-electron chi connectivity index (χ3n) is 6.32. The molecule has 2 aromatic carbocycles. The number of aryl methyl sites for hydroxylation is 2. The summed E-state index contributed by atoms with van der Waals surface area (Å²) in [5.74, 6) is 8.03. The van der Waals surface area contributed by atoms with Crippen molar-refractivity contribution in [3.8, 4) is 5.75 Å². The molecule has 1 unspecified atom stereocenters. The Morgan fingerprint density at radius 2 is 2.00 bits per heavy atom. The van der Waals surface area contributed by atoms with Crippen LogP contribution in [0.15, 0.2) is 60.9 Å². The van der Waals surface area contributed by atoms with Gasteiger partial charge in [0, 0.05) is 24.3 Å². The molecule has 2 aromatic heterocycles. The van der Waals surface area contributed by atoms with Gasteiger partial charge in [-0.1, -0.05) is 30.3 Å². The lowest BCUT2D eigenvalue weighted by Gasteiger charge is -2.23. The van der Waals surface area contributed by atoms with Crippen LogP contribution in [0, 0.1) is 5.92 Å². The van der Waals surface area contributed by atoms with Crippen LogP contribution < -0.4 is 10.6 Å². The second-order valence-corrected chi connectivity index (χ2v) is 8.42. The van der Waals surface area contributed by atoms with Crippen LogP contribution in [-0.4, -0.2) is 14.5 Å². The Labute approximate surface area is 177 Å². The van der Waals surface area contributed by atoms with Crippen molar-refractivity contribution in [3.05, 3.63) is 83.3 Å². The van der Waals surface area contributed by atoms with Gasteiger partial charge in [0.25, 0.3) is 0 Å². The summed E-state index contributed by atoms with van der Waals surface area (Å²) in [6.45, 7) is 0.575. The summed E-state index contributed by atoms with van der Waals surface area (Å²) >= 11 is 0. The second-order valence-electron chi connectivity index (χ2n) is 8.42. The summed E-state index contributed by atoms with van der Waals surface area (Å²) in [5.41, 5.74) is 6.27. The molecule has 0 aliphatic heterocycles. The second kappa shape index (κ2) is 7.90. The minimum Gasteiger partial charge on any atom is -0.489 e. The molecule has 30 heavy (non-hydrogen) atoms. The molecule has 0 fully saturated rings. The highest BCUT2D eigenvalue weighted by Crippen LogP contribution is 2.36. The number of benzene rings is 2. The molecule has 0 amide bonds. The number of hydrogen-bond acceptors (Lipinski definition) is 3. The Balaban J connectivity index is 1.34. The maximum atomic E-state index is 6.45. The van der Waals surface area contributed by atoms with Crippen LogP contribution in [0.2, 0.25) is 0 Å². The zero-order valence-electron chi connectivity index (χ0n) is 17.4. The van der Waals surface area contributed by atoms with E-state index in [4.69, 9.17) is 10.6 Å². The van der Waals surface area contributed by atoms with Gasteiger partial charge in [-0.3, -0.25) is 9.36 Å². The Hall–Kier alpha value is -3.21. The molecule has 1 atom stereocenters. The van der Waals surface area contributed by atoms with Crippen molar-refractivity contribution in [3.63, 3.8) is 0 Å². The van der Waals surface area contributed by atoms with Gasteiger partial charge in [-0.25, -0.2) is 0 Å². The molecule has 0 spiro atoms. The number of nitrogen functional groups attached to an aromatic ring is 1. The van der Waals surface area contributed by atoms with Crippen LogP contribution in [0.1, 0.15) is 35.2 Å². The number of aromatic nitrogens is 3. The topological polar surface area (TPSA) is 58.0 Å². The fourth-order valence-electron chi connectivity index (χ4n) is 4.69. The number of nitrogens with two attached hydrogens (primary N) is 1. The predicted octanol–water partition coefficient (Wildman–Crippen LogP) is 4.41. The van der Waals surface area contributed by atoms with Gasteiger partial charge in [0.05, 0.1) is 11.7 Å². The van der Waals surface area contributed by atoms with Crippen molar-refractivity contribution < 1.29 is 4.74 Å². The number of nitrogens with zero attached hydrogens (tertiary/aromatic N) is 3. The van der Waals surface area contributed by atoms with E-state index >= 15 is 0 Å². The van der Waals surface area contributed by atoms with Crippen LogP contribution in [0.25, 0.3) is 10.9 Å². The highest BCUT2D eigenvalue weighted by atomic mass is 16.5. The Bertz CT molecular complexity index is 1160. The Morgan fingerprint density at radius 1 is 1.13 bits per heavy atom. The first kappa shape index (κ1) is 18.8. The van der Waals surface area contributed by atoms with E-state index in [0.29, 0.717) is 12.5 Å². The summed E-state index contributed by atoms with van der Waals surface area (Å²) in [7, 11) is 1.98. The molecule has 0 radical (unpaired) electrons. The number of fused-ring (bicyclic) bond motifs is 3. The summed E-state index contributed by atoms with van der Waals surface area (Å²) in [6, 6.07) is 16.6. The van der Waals surface area contributed by atoms with Crippen LogP contribution in [0.4, 0.5) is 0 Å². The minimum atomic E-state index is 0.575. The van der Waals surface area contributed by atoms with E-state index in [2.05, 4.69) is 35.6 Å². The molecule has 5 nitrogen and oxygen atoms in total. The molecular formula is C25H28N4O. The number of ether oxygens (including phenoxy) is 1. The molecule has 2 heterocycles. The van der Waals surface area contributed by atoms with Gasteiger partial charge in [0.1, 0.15) is 12.4 Å². The molecule has 1 aliphatic rings. The van der Waals surface area contributed by atoms with Gasteiger partial charge in [-0.15, -0.1) is 0 Å². The number of rotatable bonds is 6. The van der Waals surface area contributed by atoms with E-state index in [9.17, 15) is 0 Å². The summed E-state index contributed by atoms with van der Waals surface area (Å²) in [5, 5.41) is 5.53. The van der Waals surface area contributed by atoms with E-state index < -0.39 is 0 Å². The smallest absolute Gasteiger partial charge is 0.120 e. The van der Waals surface area contributed by atoms with Crippen molar-refractivity contribution in [1.82, 2.24) is 14.5 Å². The molecule has 0 bridgehead atoms. The van der Waals surface area contributed by atoms with Crippen molar-refractivity contribution in [1.29, 1.82) is 0 Å². The normalized spacial score (nSPS) is 16.0. The average Bonchev–Trinajstić information content (AvgIpc) is 3.32. The largest absolute Gasteiger partial charge is 0.489 e. The summed E-state index contributed by atoms with van der Waals surface area (Å²) in [4.78, 5) is 0. The van der Waals surface area contributed by atoms with Crippen molar-refractivity contribution in [2.24, 2.45) is 13.0 Å². The Morgan fingerprint density at radius 3 is 2.80 bits per heavy atom. The number of hydrogen-bond donors (Lipinski definition) is 1. The molecule has 154 valence electrons. The summed E-state index contributed by atoms with van der Waals surface area (Å²) < 4.78 is 9.85. The maximum Gasteiger partial charge on any atom is 0.120 e. The van der Waals surface area contributed by atoms with Gasteiger partial charge in [-0.2, -0.15) is 5.10 Å². The summed E-state index contributed by atoms with van der Waals surface area (Å²) in [6.07, 6.45) is 9.69. The third-order valence-corrected chi connectivity index (χ3v) is 6.32. The first-order valence-corrected chi connectivity index (χ1v) is 10.7.